The molecule has 0 saturated heterocycles. The Morgan fingerprint density at radius 3 is 2.31 bits per heavy atom. The first kappa shape index (κ1) is 30.9. The van der Waals surface area contributed by atoms with Gasteiger partial charge in [0.05, 0.1) is 22.4 Å². The number of pyridine rings is 1. The molecule has 0 bridgehead atoms. The van der Waals surface area contributed by atoms with E-state index in [-0.39, 0.29) is 12.4 Å². The quantitative estimate of drug-likeness (QED) is 0.0645. The molecule has 0 amide bonds. The number of anilines is 4. The number of fused-ring (bicyclic) bond motifs is 2. The van der Waals surface area contributed by atoms with Gasteiger partial charge in [-0.2, -0.15) is 10.2 Å². The van der Waals surface area contributed by atoms with Crippen molar-refractivity contribution in [2.45, 2.75) is 13.5 Å². The SMILES string of the molecule is C=N/C=C(\C=C(/C)c1ccc2[nH]nc(N)c2c1)Nc1cccc(-c2ccc(F)c(CNc3cncc(-c4ccc5[nH]nc(N)c5c4)c3)c2)c1. The second kappa shape index (κ2) is 13.2. The molecule has 0 aliphatic rings. The lowest BCUT2D eigenvalue weighted by Gasteiger charge is -2.13. The summed E-state index contributed by atoms with van der Waals surface area (Å²) < 4.78 is 15.0. The average Bonchev–Trinajstić information content (AvgIpc) is 3.69. The van der Waals surface area contributed by atoms with E-state index in [1.54, 1.807) is 24.7 Å². The van der Waals surface area contributed by atoms with Gasteiger partial charge in [-0.1, -0.05) is 30.3 Å². The highest BCUT2D eigenvalue weighted by molar-refractivity contribution is 5.93. The van der Waals surface area contributed by atoms with Crippen molar-refractivity contribution in [2.24, 2.45) is 4.99 Å². The Hall–Kier alpha value is -6.75. The standard InChI is InChI=1S/C38H33FN10/c1-22(23-7-10-35-32(16-23)37(40)48-46-35)12-31(20-42-2)45-29-5-3-4-24(14-29)25-6-9-34(39)28(13-25)19-44-30-15-27(18-43-21-30)26-8-11-36-33(17-26)38(41)49-47-36/h3-18,20-21,44-45H,2,19H2,1H3,(H3,40,46,48)(H3,41,47,49)/b22-12+,31-20+. The van der Waals surface area contributed by atoms with Crippen molar-refractivity contribution in [2.75, 3.05) is 22.1 Å². The number of aromatic nitrogens is 5. The zero-order chi connectivity index (χ0) is 33.9. The van der Waals surface area contributed by atoms with Crippen molar-refractivity contribution < 1.29 is 4.39 Å². The van der Waals surface area contributed by atoms with Gasteiger partial charge in [0.1, 0.15) is 5.82 Å². The molecule has 0 aliphatic carbocycles. The van der Waals surface area contributed by atoms with Crippen molar-refractivity contribution in [3.63, 3.8) is 0 Å². The van der Waals surface area contributed by atoms with Crippen LogP contribution in [0.15, 0.2) is 120 Å². The number of nitrogens with two attached hydrogens (primary N) is 2. The van der Waals surface area contributed by atoms with E-state index in [2.05, 4.69) is 47.7 Å². The fraction of sp³-hybridized carbons (Fsp3) is 0.0526. The molecular formula is C38H33FN10. The maximum absolute atomic E-state index is 15.0. The third kappa shape index (κ3) is 6.58. The number of hydrogen-bond donors (Lipinski definition) is 6. The Morgan fingerprint density at radius 2 is 1.51 bits per heavy atom. The first-order chi connectivity index (χ1) is 23.8. The molecule has 0 unspecified atom stereocenters. The number of hydrogen-bond acceptors (Lipinski definition) is 8. The summed E-state index contributed by atoms with van der Waals surface area (Å²) in [5.41, 5.74) is 22.3. The molecule has 3 aromatic heterocycles. The van der Waals surface area contributed by atoms with Gasteiger partial charge >= 0.3 is 0 Å². The summed E-state index contributed by atoms with van der Waals surface area (Å²) in [7, 11) is 0. The van der Waals surface area contributed by atoms with Gasteiger partial charge in [-0.25, -0.2) is 4.39 Å². The van der Waals surface area contributed by atoms with Gasteiger partial charge < -0.3 is 22.1 Å². The number of allylic oxidation sites excluding steroid dienone is 2. The van der Waals surface area contributed by atoms with E-state index in [1.165, 1.54) is 6.07 Å². The molecule has 8 N–H and O–H groups in total. The Balaban J connectivity index is 1.08. The third-order valence-corrected chi connectivity index (χ3v) is 8.33. The van der Waals surface area contributed by atoms with Crippen LogP contribution in [0, 0.1) is 5.82 Å². The Labute approximate surface area is 281 Å². The van der Waals surface area contributed by atoms with Crippen LogP contribution in [0.2, 0.25) is 0 Å². The number of aliphatic imine (C=N–C) groups is 1. The molecule has 7 aromatic rings. The molecule has 0 saturated carbocycles. The number of halogens is 1. The van der Waals surface area contributed by atoms with Gasteiger partial charge in [0, 0.05) is 52.7 Å². The minimum absolute atomic E-state index is 0.273. The summed E-state index contributed by atoms with van der Waals surface area (Å²) in [5, 5.41) is 22.5. The molecule has 0 atom stereocenters. The van der Waals surface area contributed by atoms with Gasteiger partial charge in [0.25, 0.3) is 0 Å². The Kier molecular flexibility index (Phi) is 8.30. The minimum Gasteiger partial charge on any atom is -0.382 e. The fourth-order valence-electron chi connectivity index (χ4n) is 5.74. The number of benzene rings is 4. The van der Waals surface area contributed by atoms with E-state index in [1.807, 2.05) is 85.8 Å². The summed E-state index contributed by atoms with van der Waals surface area (Å²) in [6.45, 7) is 5.93. The summed E-state index contributed by atoms with van der Waals surface area (Å²) in [4.78, 5) is 8.40. The second-order valence-electron chi connectivity index (χ2n) is 11.7. The van der Waals surface area contributed by atoms with Crippen LogP contribution >= 0.6 is 0 Å². The normalized spacial score (nSPS) is 12.0. The van der Waals surface area contributed by atoms with Crippen LogP contribution in [0.25, 0.3) is 49.6 Å². The number of rotatable bonds is 10. The molecule has 4 aromatic carbocycles. The van der Waals surface area contributed by atoms with Crippen molar-refractivity contribution in [3.05, 3.63) is 132 Å². The molecule has 49 heavy (non-hydrogen) atoms. The Bertz CT molecular complexity index is 2400. The molecular weight excluding hydrogens is 615 g/mol. The van der Waals surface area contributed by atoms with Crippen LogP contribution in [0.4, 0.5) is 27.4 Å². The zero-order valence-electron chi connectivity index (χ0n) is 26.6. The molecule has 0 spiro atoms. The molecule has 7 rings (SSSR count). The third-order valence-electron chi connectivity index (χ3n) is 8.33. The van der Waals surface area contributed by atoms with Crippen molar-refractivity contribution in [3.8, 4) is 22.3 Å². The molecule has 10 nitrogen and oxygen atoms in total. The number of aromatic amines is 2. The highest BCUT2D eigenvalue weighted by Crippen LogP contribution is 2.30. The Morgan fingerprint density at radius 1 is 0.816 bits per heavy atom. The van der Waals surface area contributed by atoms with Gasteiger partial charge in [-0.05, 0) is 102 Å². The van der Waals surface area contributed by atoms with Crippen LogP contribution in [0.3, 0.4) is 0 Å². The maximum Gasteiger partial charge on any atom is 0.153 e. The molecule has 11 heteroatoms. The van der Waals surface area contributed by atoms with Crippen LogP contribution in [0.1, 0.15) is 18.1 Å². The smallest absolute Gasteiger partial charge is 0.153 e. The average molecular weight is 649 g/mol. The fourth-order valence-corrected chi connectivity index (χ4v) is 5.74. The van der Waals surface area contributed by atoms with E-state index in [0.717, 1.165) is 72.3 Å². The molecule has 0 aliphatic heterocycles. The highest BCUT2D eigenvalue weighted by atomic mass is 19.1. The minimum atomic E-state index is -0.297. The number of nitrogens with one attached hydrogen (secondary N) is 4. The lowest BCUT2D eigenvalue weighted by atomic mass is 10.0. The van der Waals surface area contributed by atoms with E-state index in [4.69, 9.17) is 11.5 Å². The lowest BCUT2D eigenvalue weighted by molar-refractivity contribution is 0.613. The van der Waals surface area contributed by atoms with Crippen LogP contribution in [0.5, 0.6) is 0 Å². The van der Waals surface area contributed by atoms with E-state index in [9.17, 15) is 0 Å². The molecule has 0 fully saturated rings. The van der Waals surface area contributed by atoms with Crippen molar-refractivity contribution >= 4 is 57.1 Å². The highest BCUT2D eigenvalue weighted by Gasteiger charge is 2.10. The number of nitrogen functional groups attached to an aromatic ring is 2. The first-order valence-electron chi connectivity index (χ1n) is 15.5. The van der Waals surface area contributed by atoms with Crippen LogP contribution in [-0.2, 0) is 6.54 Å². The second-order valence-corrected chi connectivity index (χ2v) is 11.7. The monoisotopic (exact) mass is 648 g/mol. The predicted molar refractivity (Wildman–Crippen MR) is 198 cm³/mol. The van der Waals surface area contributed by atoms with Gasteiger partial charge in [-0.3, -0.25) is 20.2 Å². The number of H-pyrrole nitrogens is 2. The molecule has 242 valence electrons. The van der Waals surface area contributed by atoms with Gasteiger partial charge in [0.2, 0.25) is 0 Å². The zero-order valence-corrected chi connectivity index (χ0v) is 26.6. The summed E-state index contributed by atoms with van der Waals surface area (Å²) in [6.07, 6.45) is 7.16. The summed E-state index contributed by atoms with van der Waals surface area (Å²) in [5.74, 6) is 0.605. The van der Waals surface area contributed by atoms with E-state index >= 15 is 4.39 Å². The molecule has 0 radical (unpaired) electrons. The largest absolute Gasteiger partial charge is 0.382 e. The van der Waals surface area contributed by atoms with Crippen LogP contribution < -0.4 is 22.1 Å². The summed E-state index contributed by atoms with van der Waals surface area (Å²) in [6, 6.07) is 26.9. The van der Waals surface area contributed by atoms with Crippen molar-refractivity contribution in [1.29, 1.82) is 0 Å². The topological polar surface area (TPSA) is 159 Å². The first-order valence-corrected chi connectivity index (χ1v) is 15.5. The summed E-state index contributed by atoms with van der Waals surface area (Å²) >= 11 is 0. The van der Waals surface area contributed by atoms with E-state index in [0.29, 0.717) is 17.2 Å². The number of nitrogens with zero attached hydrogens (tertiary/aromatic N) is 4. The van der Waals surface area contributed by atoms with Gasteiger partial charge in [-0.15, -0.1) is 0 Å². The predicted octanol–water partition coefficient (Wildman–Crippen LogP) is 8.14. The molecule has 3 heterocycles. The lowest BCUT2D eigenvalue weighted by Crippen LogP contribution is -2.03. The van der Waals surface area contributed by atoms with Gasteiger partial charge in [0.15, 0.2) is 11.6 Å². The van der Waals surface area contributed by atoms with E-state index < -0.39 is 0 Å². The maximum atomic E-state index is 15.0. The van der Waals surface area contributed by atoms with Crippen molar-refractivity contribution in [1.82, 2.24) is 25.4 Å². The van der Waals surface area contributed by atoms with Crippen LogP contribution in [-0.4, -0.2) is 32.1 Å².